The summed E-state index contributed by atoms with van der Waals surface area (Å²) in [6, 6.07) is 22.3. The Labute approximate surface area is 201 Å². The van der Waals surface area contributed by atoms with Gasteiger partial charge in [0.05, 0.1) is 0 Å². The first-order valence-corrected chi connectivity index (χ1v) is 12.0. The van der Waals surface area contributed by atoms with E-state index in [9.17, 15) is 9.59 Å². The minimum absolute atomic E-state index is 0.0521. The number of aromatic nitrogens is 1. The molecule has 34 heavy (non-hydrogen) atoms. The summed E-state index contributed by atoms with van der Waals surface area (Å²) < 4.78 is 7.50. The Hall–Kier alpha value is -3.38. The Bertz CT molecular complexity index is 1130. The van der Waals surface area contributed by atoms with Crippen LogP contribution in [0.2, 0.25) is 0 Å². The fourth-order valence-corrected chi connectivity index (χ4v) is 4.42. The van der Waals surface area contributed by atoms with Gasteiger partial charge in [0.25, 0.3) is 5.56 Å². The van der Waals surface area contributed by atoms with E-state index in [1.165, 1.54) is 11.1 Å². The number of hydrogen-bond donors (Lipinski definition) is 1. The fourth-order valence-electron chi connectivity index (χ4n) is 4.42. The number of carbonyl (C=O) groups excluding carboxylic acids is 1. The van der Waals surface area contributed by atoms with E-state index in [1.54, 1.807) is 17.6 Å². The summed E-state index contributed by atoms with van der Waals surface area (Å²) in [5.74, 6) is 0.647. The van der Waals surface area contributed by atoms with Crippen LogP contribution in [-0.2, 0) is 30.9 Å². The second-order valence-electron chi connectivity index (χ2n) is 8.99. The van der Waals surface area contributed by atoms with Crippen molar-refractivity contribution in [1.29, 1.82) is 0 Å². The average Bonchev–Trinajstić information content (AvgIpc) is 2.84. The lowest BCUT2D eigenvalue weighted by atomic mass is 10.0. The van der Waals surface area contributed by atoms with Gasteiger partial charge in [0.15, 0.2) is 0 Å². The van der Waals surface area contributed by atoms with E-state index < -0.39 is 0 Å². The summed E-state index contributed by atoms with van der Waals surface area (Å²) in [5, 5.41) is 3.03. The lowest BCUT2D eigenvalue weighted by Gasteiger charge is -2.32. The Balaban J connectivity index is 1.27. The molecule has 6 heteroatoms. The smallest absolute Gasteiger partial charge is 0.254 e. The predicted octanol–water partition coefficient (Wildman–Crippen LogP) is 3.77. The molecule has 0 saturated carbocycles. The number of rotatable bonds is 9. The number of pyridine rings is 1. The monoisotopic (exact) mass is 459 g/mol. The maximum absolute atomic E-state index is 12.5. The quantitative estimate of drug-likeness (QED) is 0.529. The molecule has 0 radical (unpaired) electrons. The van der Waals surface area contributed by atoms with E-state index in [-0.39, 0.29) is 11.5 Å². The van der Waals surface area contributed by atoms with Gasteiger partial charge in [0.2, 0.25) is 5.91 Å². The van der Waals surface area contributed by atoms with Crippen LogP contribution in [0.25, 0.3) is 0 Å². The van der Waals surface area contributed by atoms with Gasteiger partial charge in [-0.15, -0.1) is 0 Å². The standard InChI is InChI=1S/C28H33N3O3/c1-22(32)29-26-11-14-30(15-12-26)20-25-9-5-8-23(18-25)10-16-31-17-13-27(19-28(31)33)34-21-24-6-3-2-4-7-24/h2-9,13,17-19,26H,10-12,14-16,20-21H2,1H3,(H,29,32). The van der Waals surface area contributed by atoms with Gasteiger partial charge in [-0.25, -0.2) is 0 Å². The van der Waals surface area contributed by atoms with Gasteiger partial charge in [-0.1, -0.05) is 54.6 Å². The first-order chi connectivity index (χ1) is 16.5. The van der Waals surface area contributed by atoms with E-state index in [0.29, 0.717) is 24.9 Å². The molecule has 1 N–H and O–H groups in total. The molecule has 1 saturated heterocycles. The van der Waals surface area contributed by atoms with Gasteiger partial charge < -0.3 is 14.6 Å². The topological polar surface area (TPSA) is 63.6 Å². The summed E-state index contributed by atoms with van der Waals surface area (Å²) in [4.78, 5) is 26.2. The number of hydrogen-bond acceptors (Lipinski definition) is 4. The van der Waals surface area contributed by atoms with Crippen LogP contribution in [0.5, 0.6) is 5.75 Å². The van der Waals surface area contributed by atoms with E-state index in [0.717, 1.165) is 44.5 Å². The molecule has 4 rings (SSSR count). The maximum atomic E-state index is 12.5. The van der Waals surface area contributed by atoms with Gasteiger partial charge >= 0.3 is 0 Å². The second kappa shape index (κ2) is 11.7. The van der Waals surface area contributed by atoms with Crippen molar-refractivity contribution < 1.29 is 9.53 Å². The number of amides is 1. The number of ether oxygens (including phenoxy) is 1. The third-order valence-corrected chi connectivity index (χ3v) is 6.25. The highest BCUT2D eigenvalue weighted by atomic mass is 16.5. The molecule has 2 heterocycles. The van der Waals surface area contributed by atoms with E-state index in [4.69, 9.17) is 4.74 Å². The molecule has 0 aliphatic carbocycles. The van der Waals surface area contributed by atoms with Gasteiger partial charge in [0.1, 0.15) is 12.4 Å². The number of nitrogens with zero attached hydrogens (tertiary/aromatic N) is 2. The predicted molar refractivity (Wildman–Crippen MR) is 134 cm³/mol. The van der Waals surface area contributed by atoms with Crippen LogP contribution in [0, 0.1) is 0 Å². The first-order valence-electron chi connectivity index (χ1n) is 12.0. The lowest BCUT2D eigenvalue weighted by Crippen LogP contribution is -2.43. The molecule has 1 fully saturated rings. The van der Waals surface area contributed by atoms with Crippen LogP contribution < -0.4 is 15.6 Å². The molecule has 1 amide bonds. The summed E-state index contributed by atoms with van der Waals surface area (Å²) in [7, 11) is 0. The number of nitrogens with one attached hydrogen (secondary N) is 1. The zero-order valence-corrected chi connectivity index (χ0v) is 19.8. The molecule has 178 valence electrons. The number of aryl methyl sites for hydroxylation is 2. The zero-order chi connectivity index (χ0) is 23.8. The fraction of sp³-hybridized carbons (Fsp3) is 0.357. The highest BCUT2D eigenvalue weighted by Gasteiger charge is 2.19. The van der Waals surface area contributed by atoms with E-state index in [1.807, 2.05) is 42.6 Å². The minimum atomic E-state index is -0.0521. The largest absolute Gasteiger partial charge is 0.489 e. The number of likely N-dealkylation sites (tertiary alicyclic amines) is 1. The van der Waals surface area contributed by atoms with Gasteiger partial charge in [0, 0.05) is 51.4 Å². The summed E-state index contributed by atoms with van der Waals surface area (Å²) >= 11 is 0. The van der Waals surface area contributed by atoms with Crippen molar-refractivity contribution in [2.45, 2.75) is 51.9 Å². The molecule has 0 unspecified atom stereocenters. The molecule has 0 atom stereocenters. The van der Waals surface area contributed by atoms with E-state index >= 15 is 0 Å². The Kier molecular flexibility index (Phi) is 8.15. The van der Waals surface area contributed by atoms with Gasteiger partial charge in [-0.3, -0.25) is 14.5 Å². The third kappa shape index (κ3) is 7.06. The number of piperidine rings is 1. The highest BCUT2D eigenvalue weighted by molar-refractivity contribution is 5.73. The van der Waals surface area contributed by atoms with Gasteiger partial charge in [-0.05, 0) is 42.0 Å². The third-order valence-electron chi connectivity index (χ3n) is 6.25. The first kappa shape index (κ1) is 23.8. The van der Waals surface area contributed by atoms with Crippen LogP contribution in [-0.4, -0.2) is 34.5 Å². The molecule has 1 aliphatic rings. The molecule has 6 nitrogen and oxygen atoms in total. The SMILES string of the molecule is CC(=O)NC1CCN(Cc2cccc(CCn3ccc(OCc4ccccc4)cc3=O)c2)CC1. The summed E-state index contributed by atoms with van der Waals surface area (Å²) in [6.45, 7) is 5.55. The molecule has 2 aromatic carbocycles. The minimum Gasteiger partial charge on any atom is -0.489 e. The summed E-state index contributed by atoms with van der Waals surface area (Å²) in [5.41, 5.74) is 3.53. The highest BCUT2D eigenvalue weighted by Crippen LogP contribution is 2.16. The number of carbonyl (C=O) groups is 1. The maximum Gasteiger partial charge on any atom is 0.254 e. The molecule has 1 aromatic heterocycles. The second-order valence-corrected chi connectivity index (χ2v) is 8.99. The molecule has 3 aromatic rings. The van der Waals surface area contributed by atoms with Crippen LogP contribution >= 0.6 is 0 Å². The van der Waals surface area contributed by atoms with Crippen molar-refractivity contribution in [3.63, 3.8) is 0 Å². The average molecular weight is 460 g/mol. The van der Waals surface area contributed by atoms with E-state index in [2.05, 4.69) is 34.5 Å². The number of benzene rings is 2. The molecule has 0 bridgehead atoms. The molecular formula is C28H33N3O3. The van der Waals surface area contributed by atoms with Crippen molar-refractivity contribution in [2.24, 2.45) is 0 Å². The van der Waals surface area contributed by atoms with Crippen molar-refractivity contribution in [3.8, 4) is 5.75 Å². The van der Waals surface area contributed by atoms with Gasteiger partial charge in [-0.2, -0.15) is 0 Å². The van der Waals surface area contributed by atoms with Crippen molar-refractivity contribution in [1.82, 2.24) is 14.8 Å². The van der Waals surface area contributed by atoms with Crippen molar-refractivity contribution in [2.75, 3.05) is 13.1 Å². The van der Waals surface area contributed by atoms with Crippen LogP contribution in [0.3, 0.4) is 0 Å². The van der Waals surface area contributed by atoms with Crippen molar-refractivity contribution >= 4 is 5.91 Å². The Morgan fingerprint density at radius 2 is 1.71 bits per heavy atom. The molecule has 0 spiro atoms. The van der Waals surface area contributed by atoms with Crippen LogP contribution in [0.15, 0.2) is 77.7 Å². The van der Waals surface area contributed by atoms with Crippen LogP contribution in [0.4, 0.5) is 0 Å². The van der Waals surface area contributed by atoms with Crippen LogP contribution in [0.1, 0.15) is 36.5 Å². The van der Waals surface area contributed by atoms with Crippen molar-refractivity contribution in [3.05, 3.63) is 100.0 Å². The lowest BCUT2D eigenvalue weighted by molar-refractivity contribution is -0.119. The Morgan fingerprint density at radius 3 is 2.44 bits per heavy atom. The Morgan fingerprint density at radius 1 is 0.971 bits per heavy atom. The zero-order valence-electron chi connectivity index (χ0n) is 19.8. The molecule has 1 aliphatic heterocycles. The summed E-state index contributed by atoms with van der Waals surface area (Å²) in [6.07, 6.45) is 4.59. The normalized spacial score (nSPS) is 14.6. The molecular weight excluding hydrogens is 426 g/mol.